The van der Waals surface area contributed by atoms with Crippen molar-refractivity contribution in [3.8, 4) is 0 Å². The van der Waals surface area contributed by atoms with Crippen LogP contribution in [0.4, 0.5) is 0 Å². The van der Waals surface area contributed by atoms with E-state index in [1.807, 2.05) is 0 Å². The molecular formula is C15H19ClN2O6S. The fourth-order valence-electron chi connectivity index (χ4n) is 1.74. The Labute approximate surface area is 150 Å². The van der Waals surface area contributed by atoms with Crippen molar-refractivity contribution in [3.05, 3.63) is 34.9 Å². The fourth-order valence-corrected chi connectivity index (χ4v) is 2.53. The van der Waals surface area contributed by atoms with Gasteiger partial charge >= 0.3 is 5.97 Å². The smallest absolute Gasteiger partial charge is 0.329 e. The van der Waals surface area contributed by atoms with Crippen LogP contribution in [0.25, 0.3) is 0 Å². The summed E-state index contributed by atoms with van der Waals surface area (Å²) in [5.41, 5.74) is 5.25. The molecule has 0 aliphatic rings. The number of sulfone groups is 1. The molecule has 1 rings (SSSR count). The van der Waals surface area contributed by atoms with Crippen molar-refractivity contribution in [1.29, 1.82) is 0 Å². The summed E-state index contributed by atoms with van der Waals surface area (Å²) in [6, 6.07) is 4.63. The van der Waals surface area contributed by atoms with E-state index in [1.54, 1.807) is 0 Å². The van der Waals surface area contributed by atoms with Gasteiger partial charge in [-0.2, -0.15) is 0 Å². The van der Waals surface area contributed by atoms with Crippen molar-refractivity contribution in [3.63, 3.8) is 0 Å². The first-order valence-corrected chi connectivity index (χ1v) is 9.67. The Bertz CT molecular complexity index is 748. The monoisotopic (exact) mass is 390 g/mol. The van der Waals surface area contributed by atoms with Gasteiger partial charge in [-0.3, -0.25) is 9.59 Å². The van der Waals surface area contributed by atoms with E-state index < -0.39 is 39.8 Å². The third kappa shape index (κ3) is 7.53. The van der Waals surface area contributed by atoms with Crippen molar-refractivity contribution in [2.24, 2.45) is 5.73 Å². The third-order valence-corrected chi connectivity index (χ3v) is 4.40. The lowest BCUT2D eigenvalue weighted by molar-refractivity contribution is -0.155. The average Bonchev–Trinajstić information content (AvgIpc) is 2.50. The van der Waals surface area contributed by atoms with Crippen LogP contribution in [0.5, 0.6) is 0 Å². The summed E-state index contributed by atoms with van der Waals surface area (Å²) in [6.07, 6.45) is -0.411. The molecule has 2 atom stereocenters. The molecule has 2 amide bonds. The lowest BCUT2D eigenvalue weighted by Gasteiger charge is -2.19. The van der Waals surface area contributed by atoms with E-state index in [0.717, 1.165) is 6.26 Å². The number of halogens is 1. The number of carbonyl (C=O) groups excluding carboxylic acids is 3. The highest BCUT2D eigenvalue weighted by molar-refractivity contribution is 7.90. The van der Waals surface area contributed by atoms with E-state index in [0.29, 0.717) is 5.02 Å². The van der Waals surface area contributed by atoms with Gasteiger partial charge in [0, 0.05) is 16.8 Å². The summed E-state index contributed by atoms with van der Waals surface area (Å²) < 4.78 is 27.5. The van der Waals surface area contributed by atoms with Gasteiger partial charge in [-0.25, -0.2) is 13.2 Å². The first kappa shape index (κ1) is 20.9. The number of nitrogens with two attached hydrogens (primary N) is 1. The average molecular weight is 391 g/mol. The molecule has 0 unspecified atom stereocenters. The highest BCUT2D eigenvalue weighted by Gasteiger charge is 2.27. The molecule has 0 bridgehead atoms. The van der Waals surface area contributed by atoms with E-state index in [2.05, 4.69) is 5.32 Å². The van der Waals surface area contributed by atoms with E-state index in [1.165, 1.54) is 31.2 Å². The summed E-state index contributed by atoms with van der Waals surface area (Å²) in [7, 11) is -3.37. The van der Waals surface area contributed by atoms with E-state index >= 15 is 0 Å². The number of primary amides is 1. The summed E-state index contributed by atoms with van der Waals surface area (Å²) in [5, 5.41) is 2.83. The largest absolute Gasteiger partial charge is 0.451 e. The Morgan fingerprint density at radius 1 is 1.24 bits per heavy atom. The van der Waals surface area contributed by atoms with Gasteiger partial charge in [0.1, 0.15) is 15.9 Å². The van der Waals surface area contributed by atoms with Crippen LogP contribution in [0.1, 0.15) is 23.7 Å². The molecule has 3 N–H and O–H groups in total. The van der Waals surface area contributed by atoms with E-state index in [9.17, 15) is 22.8 Å². The molecule has 25 heavy (non-hydrogen) atoms. The second-order valence-corrected chi connectivity index (χ2v) is 8.13. The Morgan fingerprint density at radius 2 is 1.80 bits per heavy atom. The lowest BCUT2D eigenvalue weighted by Crippen LogP contribution is -2.45. The quantitative estimate of drug-likeness (QED) is 0.613. The molecule has 0 radical (unpaired) electrons. The predicted molar refractivity (Wildman–Crippen MR) is 91.8 cm³/mol. The van der Waals surface area contributed by atoms with Gasteiger partial charge in [-0.05, 0) is 37.6 Å². The molecule has 0 saturated carbocycles. The standard InChI is InChI=1S/C15H19ClN2O6S/c1-9(13(17)19)24-15(21)12(7-8-25(2,22)23)18-14(20)10-3-5-11(16)6-4-10/h3-6,9,12H,7-8H2,1-2H3,(H2,17,19)(H,18,20)/t9-,12+/m0/s1. The summed E-state index contributed by atoms with van der Waals surface area (Å²) in [5.74, 6) is -2.77. The maximum atomic E-state index is 12.2. The van der Waals surface area contributed by atoms with Crippen LogP contribution in [0, 0.1) is 0 Å². The van der Waals surface area contributed by atoms with Crippen LogP contribution < -0.4 is 11.1 Å². The maximum Gasteiger partial charge on any atom is 0.329 e. The van der Waals surface area contributed by atoms with Crippen LogP contribution in [-0.2, 0) is 24.2 Å². The molecule has 8 nitrogen and oxygen atoms in total. The van der Waals surface area contributed by atoms with Crippen LogP contribution in [0.15, 0.2) is 24.3 Å². The lowest BCUT2D eigenvalue weighted by atomic mass is 10.1. The van der Waals surface area contributed by atoms with Crippen molar-refractivity contribution in [2.45, 2.75) is 25.5 Å². The maximum absolute atomic E-state index is 12.2. The highest BCUT2D eigenvalue weighted by Crippen LogP contribution is 2.10. The van der Waals surface area contributed by atoms with Crippen LogP contribution in [0.3, 0.4) is 0 Å². The Balaban J connectivity index is 2.89. The molecule has 0 aliphatic heterocycles. The van der Waals surface area contributed by atoms with Gasteiger partial charge < -0.3 is 15.8 Å². The molecule has 138 valence electrons. The van der Waals surface area contributed by atoms with Crippen LogP contribution >= 0.6 is 11.6 Å². The van der Waals surface area contributed by atoms with Gasteiger partial charge in [0.25, 0.3) is 11.8 Å². The van der Waals surface area contributed by atoms with Gasteiger partial charge in [0.2, 0.25) is 0 Å². The molecule has 0 fully saturated rings. The topological polar surface area (TPSA) is 133 Å². The molecule has 1 aromatic carbocycles. The number of nitrogens with one attached hydrogen (secondary N) is 1. The fraction of sp³-hybridized carbons (Fsp3) is 0.400. The van der Waals surface area contributed by atoms with Gasteiger partial charge in [-0.1, -0.05) is 11.6 Å². The zero-order valence-electron chi connectivity index (χ0n) is 13.7. The number of carbonyl (C=O) groups is 3. The number of amides is 2. The Kier molecular flexibility index (Phi) is 7.38. The molecule has 0 spiro atoms. The van der Waals surface area contributed by atoms with Gasteiger partial charge in [-0.15, -0.1) is 0 Å². The summed E-state index contributed by atoms with van der Waals surface area (Å²) >= 11 is 5.74. The number of hydrogen-bond acceptors (Lipinski definition) is 6. The molecule has 10 heteroatoms. The van der Waals surface area contributed by atoms with Crippen molar-refractivity contribution in [1.82, 2.24) is 5.32 Å². The normalized spacial score (nSPS) is 13.6. The highest BCUT2D eigenvalue weighted by atomic mass is 35.5. The van der Waals surface area contributed by atoms with Gasteiger partial charge in [0.15, 0.2) is 6.10 Å². The second kappa shape index (κ2) is 8.82. The number of hydrogen-bond donors (Lipinski definition) is 2. The minimum absolute atomic E-state index is 0.206. The predicted octanol–water partition coefficient (Wildman–Crippen LogP) is 0.290. The van der Waals surface area contributed by atoms with E-state index in [4.69, 9.17) is 22.1 Å². The van der Waals surface area contributed by atoms with Crippen LogP contribution in [0.2, 0.25) is 5.02 Å². The second-order valence-electron chi connectivity index (χ2n) is 5.43. The first-order valence-electron chi connectivity index (χ1n) is 7.23. The minimum atomic E-state index is -3.37. The molecular weight excluding hydrogens is 372 g/mol. The molecule has 0 aromatic heterocycles. The minimum Gasteiger partial charge on any atom is -0.451 e. The number of rotatable bonds is 8. The molecule has 0 aliphatic carbocycles. The summed E-state index contributed by atoms with van der Waals surface area (Å²) in [6.45, 7) is 1.27. The first-order chi connectivity index (χ1) is 11.5. The Morgan fingerprint density at radius 3 is 2.28 bits per heavy atom. The molecule has 0 heterocycles. The number of esters is 1. The number of benzene rings is 1. The van der Waals surface area contributed by atoms with Crippen molar-refractivity contribution >= 4 is 39.2 Å². The van der Waals surface area contributed by atoms with E-state index in [-0.39, 0.29) is 17.7 Å². The van der Waals surface area contributed by atoms with Crippen molar-refractivity contribution < 1.29 is 27.5 Å². The number of ether oxygens (including phenoxy) is 1. The SMILES string of the molecule is C[C@H](OC(=O)[C@@H](CCS(C)(=O)=O)NC(=O)c1ccc(Cl)cc1)C(N)=O. The molecule has 0 saturated heterocycles. The van der Waals surface area contributed by atoms with Crippen molar-refractivity contribution in [2.75, 3.05) is 12.0 Å². The third-order valence-electron chi connectivity index (χ3n) is 3.17. The molecule has 1 aromatic rings. The zero-order valence-corrected chi connectivity index (χ0v) is 15.3. The summed E-state index contributed by atoms with van der Waals surface area (Å²) in [4.78, 5) is 35.3. The Hall–Kier alpha value is -2.13. The zero-order chi connectivity index (χ0) is 19.2. The van der Waals surface area contributed by atoms with Crippen LogP contribution in [-0.4, -0.2) is 50.4 Å². The van der Waals surface area contributed by atoms with Gasteiger partial charge in [0.05, 0.1) is 5.75 Å².